The Labute approximate surface area is 113 Å². The van der Waals surface area contributed by atoms with Gasteiger partial charge in [-0.2, -0.15) is 0 Å². The highest BCUT2D eigenvalue weighted by atomic mass is 32.2. The van der Waals surface area contributed by atoms with Crippen LogP contribution in [0.2, 0.25) is 0 Å². The molecule has 0 amide bonds. The number of hydrogen-bond donors (Lipinski definition) is 0. The molecular weight excluding hydrogens is 288 g/mol. The lowest BCUT2D eigenvalue weighted by Gasteiger charge is -2.11. The predicted molar refractivity (Wildman–Crippen MR) is 71.5 cm³/mol. The van der Waals surface area contributed by atoms with E-state index in [9.17, 15) is 21.6 Å². The van der Waals surface area contributed by atoms with Gasteiger partial charge in [0, 0.05) is 12.7 Å². The van der Waals surface area contributed by atoms with Crippen LogP contribution in [0.4, 0.5) is 0 Å². The highest BCUT2D eigenvalue weighted by molar-refractivity contribution is 7.92. The number of carbonyl (C=O) groups excluding carboxylic acids is 1. The van der Waals surface area contributed by atoms with Crippen LogP contribution in [-0.2, 0) is 24.5 Å². The molecule has 106 valence electrons. The maximum absolute atomic E-state index is 12.1. The van der Waals surface area contributed by atoms with Crippen LogP contribution in [0, 0.1) is 0 Å². The Hall–Kier alpha value is -1.21. The summed E-state index contributed by atoms with van der Waals surface area (Å²) >= 11 is 0. The fourth-order valence-electron chi connectivity index (χ4n) is 1.62. The number of rotatable bonds is 5. The van der Waals surface area contributed by atoms with Crippen molar-refractivity contribution in [3.05, 3.63) is 24.3 Å². The van der Waals surface area contributed by atoms with Crippen LogP contribution in [-0.4, -0.2) is 34.1 Å². The number of benzene rings is 1. The first-order valence-corrected chi connectivity index (χ1v) is 9.02. The molecule has 0 saturated carbocycles. The summed E-state index contributed by atoms with van der Waals surface area (Å²) in [6.07, 6.45) is 0.991. The fourth-order valence-corrected chi connectivity index (χ4v) is 3.69. The third kappa shape index (κ3) is 3.87. The Bertz CT molecular complexity index is 669. The van der Waals surface area contributed by atoms with Crippen LogP contribution >= 0.6 is 0 Å². The van der Waals surface area contributed by atoms with Gasteiger partial charge in [0.1, 0.15) is 5.78 Å². The summed E-state index contributed by atoms with van der Waals surface area (Å²) in [5.41, 5.74) is 0. The summed E-state index contributed by atoms with van der Waals surface area (Å²) in [5, 5.41) is -0.825. The van der Waals surface area contributed by atoms with Crippen molar-refractivity contribution in [1.29, 1.82) is 0 Å². The molecule has 0 aromatic heterocycles. The van der Waals surface area contributed by atoms with E-state index in [1.807, 2.05) is 0 Å². The van der Waals surface area contributed by atoms with E-state index in [1.165, 1.54) is 38.1 Å². The molecule has 1 atom stereocenters. The Morgan fingerprint density at radius 3 is 1.84 bits per heavy atom. The minimum absolute atomic E-state index is 0.0219. The normalized spacial score (nSPS) is 14.1. The summed E-state index contributed by atoms with van der Waals surface area (Å²) < 4.78 is 46.8. The van der Waals surface area contributed by atoms with Gasteiger partial charge < -0.3 is 0 Å². The lowest BCUT2D eigenvalue weighted by molar-refractivity contribution is -0.116. The molecule has 0 spiro atoms. The summed E-state index contributed by atoms with van der Waals surface area (Å²) in [6.45, 7) is 2.79. The van der Waals surface area contributed by atoms with E-state index in [-0.39, 0.29) is 22.0 Å². The van der Waals surface area contributed by atoms with Crippen LogP contribution < -0.4 is 0 Å². The van der Waals surface area contributed by atoms with Crippen molar-refractivity contribution in [3.8, 4) is 0 Å². The van der Waals surface area contributed by atoms with E-state index < -0.39 is 24.9 Å². The van der Waals surface area contributed by atoms with Crippen molar-refractivity contribution >= 4 is 25.5 Å². The van der Waals surface area contributed by atoms with Crippen molar-refractivity contribution < 1.29 is 21.6 Å². The SMILES string of the molecule is CC(=O)CC(C)S(=O)(=O)c1ccc(S(C)(=O)=O)cc1. The molecule has 0 fully saturated rings. The zero-order chi connectivity index (χ0) is 14.8. The van der Waals surface area contributed by atoms with E-state index in [0.29, 0.717) is 0 Å². The predicted octanol–water partition coefficient (Wildman–Crippen LogP) is 1.23. The first-order valence-electron chi connectivity index (χ1n) is 5.58. The highest BCUT2D eigenvalue weighted by Gasteiger charge is 2.24. The lowest BCUT2D eigenvalue weighted by atomic mass is 10.2. The van der Waals surface area contributed by atoms with Crippen molar-refractivity contribution in [2.75, 3.05) is 6.26 Å². The molecule has 0 radical (unpaired) electrons. The Kier molecular flexibility index (Phi) is 4.52. The Balaban J connectivity index is 3.14. The number of carbonyl (C=O) groups is 1. The van der Waals surface area contributed by atoms with Gasteiger partial charge in [0.2, 0.25) is 0 Å². The van der Waals surface area contributed by atoms with Crippen LogP contribution in [0.25, 0.3) is 0 Å². The van der Waals surface area contributed by atoms with Gasteiger partial charge in [-0.1, -0.05) is 0 Å². The molecule has 19 heavy (non-hydrogen) atoms. The molecule has 0 aliphatic heterocycles. The fraction of sp³-hybridized carbons (Fsp3) is 0.417. The minimum atomic E-state index is -3.61. The topological polar surface area (TPSA) is 85.3 Å². The summed E-state index contributed by atoms with van der Waals surface area (Å²) in [5.74, 6) is -0.205. The van der Waals surface area contributed by atoms with E-state index in [2.05, 4.69) is 0 Å². The van der Waals surface area contributed by atoms with Crippen LogP contribution in [0.3, 0.4) is 0 Å². The van der Waals surface area contributed by atoms with Gasteiger partial charge in [-0.3, -0.25) is 4.79 Å². The van der Waals surface area contributed by atoms with Gasteiger partial charge in [-0.15, -0.1) is 0 Å². The zero-order valence-corrected chi connectivity index (χ0v) is 12.6. The van der Waals surface area contributed by atoms with Crippen molar-refractivity contribution in [3.63, 3.8) is 0 Å². The van der Waals surface area contributed by atoms with Gasteiger partial charge in [0.25, 0.3) is 0 Å². The summed E-state index contributed by atoms with van der Waals surface area (Å²) in [7, 11) is -6.97. The molecule has 0 aliphatic carbocycles. The monoisotopic (exact) mass is 304 g/mol. The molecule has 1 aromatic carbocycles. The van der Waals surface area contributed by atoms with Gasteiger partial charge >= 0.3 is 0 Å². The molecule has 0 aliphatic rings. The minimum Gasteiger partial charge on any atom is -0.300 e. The Morgan fingerprint density at radius 1 is 1.05 bits per heavy atom. The maximum atomic E-state index is 12.1. The number of ketones is 1. The zero-order valence-electron chi connectivity index (χ0n) is 11.0. The first-order chi connectivity index (χ1) is 8.55. The van der Waals surface area contributed by atoms with E-state index in [0.717, 1.165) is 6.26 Å². The molecule has 1 aromatic rings. The Morgan fingerprint density at radius 2 is 1.47 bits per heavy atom. The van der Waals surface area contributed by atoms with Gasteiger partial charge in [-0.05, 0) is 38.1 Å². The quantitative estimate of drug-likeness (QED) is 0.816. The average molecular weight is 304 g/mol. The molecule has 0 heterocycles. The largest absolute Gasteiger partial charge is 0.300 e. The first kappa shape index (κ1) is 15.8. The van der Waals surface area contributed by atoms with Crippen molar-refractivity contribution in [2.24, 2.45) is 0 Å². The van der Waals surface area contributed by atoms with Gasteiger partial charge in [0.05, 0.1) is 15.0 Å². The van der Waals surface area contributed by atoms with E-state index in [4.69, 9.17) is 0 Å². The van der Waals surface area contributed by atoms with Crippen molar-refractivity contribution in [1.82, 2.24) is 0 Å². The van der Waals surface area contributed by atoms with Crippen LogP contribution in [0.1, 0.15) is 20.3 Å². The highest BCUT2D eigenvalue weighted by Crippen LogP contribution is 2.20. The lowest BCUT2D eigenvalue weighted by Crippen LogP contribution is -2.20. The second-order valence-electron chi connectivity index (χ2n) is 4.51. The second kappa shape index (κ2) is 5.42. The van der Waals surface area contributed by atoms with Crippen LogP contribution in [0.5, 0.6) is 0 Å². The van der Waals surface area contributed by atoms with E-state index in [1.54, 1.807) is 0 Å². The molecular formula is C12H16O5S2. The number of Topliss-reactive ketones (excluding diaryl/α,β-unsaturated/α-hetero) is 1. The maximum Gasteiger partial charge on any atom is 0.181 e. The number of hydrogen-bond acceptors (Lipinski definition) is 5. The molecule has 1 unspecified atom stereocenters. The summed E-state index contributed by atoms with van der Waals surface area (Å²) in [4.78, 5) is 11.1. The number of sulfone groups is 2. The molecule has 1 rings (SSSR count). The molecule has 0 saturated heterocycles. The molecule has 7 heteroatoms. The standard InChI is InChI=1S/C12H16O5S2/c1-9(13)8-10(2)19(16,17)12-6-4-11(5-7-12)18(3,14)15/h4-7,10H,8H2,1-3H3. The second-order valence-corrected chi connectivity index (χ2v) is 8.89. The van der Waals surface area contributed by atoms with Crippen molar-refractivity contribution in [2.45, 2.75) is 35.3 Å². The molecule has 0 N–H and O–H groups in total. The third-order valence-corrected chi connectivity index (χ3v) is 5.97. The molecule has 5 nitrogen and oxygen atoms in total. The summed E-state index contributed by atoms with van der Waals surface area (Å²) in [6, 6.07) is 5.01. The molecule has 0 bridgehead atoms. The van der Waals surface area contributed by atoms with Crippen LogP contribution in [0.15, 0.2) is 34.1 Å². The third-order valence-electron chi connectivity index (χ3n) is 2.69. The smallest absolute Gasteiger partial charge is 0.181 e. The average Bonchev–Trinajstić information content (AvgIpc) is 2.27. The van der Waals surface area contributed by atoms with E-state index >= 15 is 0 Å². The van der Waals surface area contributed by atoms with Gasteiger partial charge in [-0.25, -0.2) is 16.8 Å². The van der Waals surface area contributed by atoms with Gasteiger partial charge in [0.15, 0.2) is 19.7 Å².